The Hall–Kier alpha value is -1.94. The normalized spacial score (nSPS) is 26.7. The fourth-order valence-electron chi connectivity index (χ4n) is 6.50. The van der Waals surface area contributed by atoms with E-state index in [1.54, 1.807) is 0 Å². The van der Waals surface area contributed by atoms with Crippen molar-refractivity contribution in [2.75, 3.05) is 11.1 Å². The molecule has 1 spiro atoms. The van der Waals surface area contributed by atoms with Crippen LogP contribution in [0.25, 0.3) is 5.69 Å². The van der Waals surface area contributed by atoms with Crippen molar-refractivity contribution in [1.82, 2.24) is 4.57 Å². The van der Waals surface area contributed by atoms with Crippen LogP contribution in [-0.4, -0.2) is 36.0 Å². The maximum atomic E-state index is 15.4. The molecule has 184 valence electrons. The molecule has 2 aliphatic carbocycles. The topological polar surface area (TPSA) is 107 Å². The first kappa shape index (κ1) is 22.5. The number of anilines is 1. The Labute approximate surface area is 199 Å². The van der Waals surface area contributed by atoms with Crippen LogP contribution in [0.4, 0.5) is 10.1 Å². The van der Waals surface area contributed by atoms with Crippen LogP contribution in [0, 0.1) is 11.2 Å². The molecule has 2 fully saturated rings. The van der Waals surface area contributed by atoms with Crippen molar-refractivity contribution in [3.05, 3.63) is 40.5 Å². The Balaban J connectivity index is 1.48. The van der Waals surface area contributed by atoms with E-state index in [1.165, 1.54) is 6.07 Å². The van der Waals surface area contributed by atoms with Gasteiger partial charge in [0.25, 0.3) is 0 Å². The summed E-state index contributed by atoms with van der Waals surface area (Å²) in [5.41, 5.74) is 9.74. The minimum Gasteiger partial charge on any atom is -0.393 e. The summed E-state index contributed by atoms with van der Waals surface area (Å²) in [5, 5.41) is 13.3. The molecular weight excluding hydrogens is 457 g/mol. The lowest BCUT2D eigenvalue weighted by molar-refractivity contribution is 0.126. The number of sulfone groups is 1. The van der Waals surface area contributed by atoms with Gasteiger partial charge >= 0.3 is 0 Å². The van der Waals surface area contributed by atoms with Crippen LogP contribution in [-0.2, 0) is 40.8 Å². The van der Waals surface area contributed by atoms with Gasteiger partial charge in [0, 0.05) is 35.1 Å². The van der Waals surface area contributed by atoms with Crippen LogP contribution in [0.5, 0.6) is 0 Å². The van der Waals surface area contributed by atoms with Gasteiger partial charge in [0.05, 0.1) is 41.3 Å². The number of halogens is 1. The summed E-state index contributed by atoms with van der Waals surface area (Å²) >= 11 is 0. The number of aliphatic hydroxyl groups is 1. The average Bonchev–Trinajstić information content (AvgIpc) is 3.33. The number of aromatic nitrogens is 1. The molecule has 0 saturated heterocycles. The van der Waals surface area contributed by atoms with Crippen molar-refractivity contribution in [3.63, 3.8) is 0 Å². The van der Waals surface area contributed by atoms with E-state index >= 15 is 4.39 Å². The first-order chi connectivity index (χ1) is 16.3. The summed E-state index contributed by atoms with van der Waals surface area (Å²) < 4.78 is 49.8. The van der Waals surface area contributed by atoms with E-state index in [9.17, 15) is 13.5 Å². The zero-order valence-electron chi connectivity index (χ0n) is 19.3. The zero-order valence-corrected chi connectivity index (χ0v) is 20.1. The summed E-state index contributed by atoms with van der Waals surface area (Å²) in [6.07, 6.45) is 6.35. The van der Waals surface area contributed by atoms with E-state index in [0.29, 0.717) is 47.7 Å². The molecule has 1 aromatic carbocycles. The molecular formula is C25H32FN3O4S. The minimum atomic E-state index is -3.44. The molecule has 3 heterocycles. The van der Waals surface area contributed by atoms with Crippen molar-refractivity contribution in [2.45, 2.75) is 88.2 Å². The second-order valence-electron chi connectivity index (χ2n) is 10.6. The summed E-state index contributed by atoms with van der Waals surface area (Å²) in [6.45, 7) is 0.649. The van der Waals surface area contributed by atoms with Crippen LogP contribution in [0.3, 0.4) is 0 Å². The maximum Gasteiger partial charge on any atom is 0.181 e. The first-order valence-corrected chi connectivity index (χ1v) is 14.0. The molecule has 0 atom stereocenters. The van der Waals surface area contributed by atoms with Crippen molar-refractivity contribution < 1.29 is 22.7 Å². The smallest absolute Gasteiger partial charge is 0.181 e. The fourth-order valence-corrected chi connectivity index (χ4v) is 8.92. The van der Waals surface area contributed by atoms with E-state index in [1.807, 2.05) is 10.6 Å². The predicted octanol–water partition coefficient (Wildman–Crippen LogP) is 3.32. The van der Waals surface area contributed by atoms with E-state index in [-0.39, 0.29) is 36.5 Å². The lowest BCUT2D eigenvalue weighted by Crippen LogP contribution is -2.43. The number of fused-ring (bicyclic) bond motifs is 3. The summed E-state index contributed by atoms with van der Waals surface area (Å²) in [7, 11) is -3.44. The number of benzene rings is 1. The quantitative estimate of drug-likeness (QED) is 0.608. The molecule has 0 bridgehead atoms. The molecule has 6 rings (SSSR count). The molecule has 0 unspecified atom stereocenters. The third-order valence-electron chi connectivity index (χ3n) is 8.37. The Morgan fingerprint density at radius 2 is 1.94 bits per heavy atom. The van der Waals surface area contributed by atoms with Gasteiger partial charge in [-0.15, -0.1) is 0 Å². The van der Waals surface area contributed by atoms with Crippen LogP contribution >= 0.6 is 0 Å². The average molecular weight is 490 g/mol. The van der Waals surface area contributed by atoms with Crippen LogP contribution in [0.15, 0.2) is 17.0 Å². The highest BCUT2D eigenvalue weighted by Crippen LogP contribution is 2.52. The fraction of sp³-hybridized carbons (Fsp3) is 0.600. The first-order valence-electron chi connectivity index (χ1n) is 12.3. The van der Waals surface area contributed by atoms with Gasteiger partial charge in [-0.1, -0.05) is 6.42 Å². The van der Waals surface area contributed by atoms with Crippen molar-refractivity contribution in [2.24, 2.45) is 11.1 Å². The number of nitrogens with two attached hydrogens (primary N) is 1. The summed E-state index contributed by atoms with van der Waals surface area (Å²) in [5.74, 6) is -0.199. The van der Waals surface area contributed by atoms with Gasteiger partial charge in [-0.3, -0.25) is 0 Å². The molecule has 34 heavy (non-hydrogen) atoms. The lowest BCUT2D eigenvalue weighted by Gasteiger charge is -2.44. The highest BCUT2D eigenvalue weighted by molar-refractivity contribution is 7.91. The van der Waals surface area contributed by atoms with Gasteiger partial charge in [-0.05, 0) is 62.5 Å². The van der Waals surface area contributed by atoms with Crippen LogP contribution in [0.2, 0.25) is 0 Å². The zero-order chi connectivity index (χ0) is 23.7. The second-order valence-corrected chi connectivity index (χ2v) is 12.6. The molecule has 2 saturated carbocycles. The summed E-state index contributed by atoms with van der Waals surface area (Å²) in [4.78, 5) is 0.414. The predicted molar refractivity (Wildman–Crippen MR) is 126 cm³/mol. The number of rotatable bonds is 4. The molecule has 2 aromatic rings. The van der Waals surface area contributed by atoms with Gasteiger partial charge in [0.2, 0.25) is 0 Å². The second kappa shape index (κ2) is 8.05. The van der Waals surface area contributed by atoms with Crippen molar-refractivity contribution in [1.29, 1.82) is 0 Å². The Morgan fingerprint density at radius 1 is 1.18 bits per heavy atom. The van der Waals surface area contributed by atoms with Gasteiger partial charge in [-0.2, -0.15) is 0 Å². The standard InChI is InChI=1S/C25H32FN3O4S/c26-20-8-16(9-21(18(20)11-27)28-15-2-4-17(30)5-3-15)29-22-10-25(6-1-7-25)14-34(31,32)24(22)19-12-33-13-23(19)29/h8-9,15,17,28,30H,1-7,10-14,27H2. The number of hydrogen-bond donors (Lipinski definition) is 3. The lowest BCUT2D eigenvalue weighted by atomic mass is 9.67. The van der Waals surface area contributed by atoms with Gasteiger partial charge in [-0.25, -0.2) is 12.8 Å². The Bertz CT molecular complexity index is 1240. The highest BCUT2D eigenvalue weighted by atomic mass is 32.2. The molecule has 0 amide bonds. The molecule has 4 N–H and O–H groups in total. The molecule has 9 heteroatoms. The largest absolute Gasteiger partial charge is 0.393 e. The summed E-state index contributed by atoms with van der Waals surface area (Å²) in [6, 6.07) is 3.52. The van der Waals surface area contributed by atoms with Gasteiger partial charge < -0.3 is 25.5 Å². The van der Waals surface area contributed by atoms with E-state index in [0.717, 1.165) is 49.1 Å². The van der Waals surface area contributed by atoms with E-state index in [4.69, 9.17) is 10.5 Å². The van der Waals surface area contributed by atoms with Crippen molar-refractivity contribution in [3.8, 4) is 5.69 Å². The maximum absolute atomic E-state index is 15.4. The number of nitrogens with zero attached hydrogens (tertiary/aromatic N) is 1. The number of nitrogens with one attached hydrogen (secondary N) is 1. The van der Waals surface area contributed by atoms with Gasteiger partial charge in [0.1, 0.15) is 5.82 Å². The number of ether oxygens (including phenoxy) is 1. The van der Waals surface area contributed by atoms with Gasteiger partial charge in [0.15, 0.2) is 9.84 Å². The molecule has 2 aliphatic heterocycles. The number of hydrogen-bond acceptors (Lipinski definition) is 6. The van der Waals surface area contributed by atoms with Crippen LogP contribution < -0.4 is 11.1 Å². The Kier molecular flexibility index (Phi) is 5.33. The Morgan fingerprint density at radius 3 is 2.62 bits per heavy atom. The monoisotopic (exact) mass is 489 g/mol. The minimum absolute atomic E-state index is 0.0618. The number of aliphatic hydroxyl groups excluding tert-OH is 1. The molecule has 7 nitrogen and oxygen atoms in total. The highest BCUT2D eigenvalue weighted by Gasteiger charge is 2.49. The molecule has 4 aliphatic rings. The third kappa shape index (κ3) is 3.51. The molecule has 1 aromatic heterocycles. The molecule has 0 radical (unpaired) electrons. The third-order valence-corrected chi connectivity index (χ3v) is 10.5. The van der Waals surface area contributed by atoms with E-state index < -0.39 is 15.7 Å². The SMILES string of the molecule is NCc1c(F)cc(-n2c3c(c4c2CC2(CCC2)CS4(=O)=O)COC3)cc1NC1CCC(O)CC1. The van der Waals surface area contributed by atoms with Crippen LogP contribution in [0.1, 0.15) is 67.5 Å². The van der Waals surface area contributed by atoms with Crippen molar-refractivity contribution >= 4 is 15.5 Å². The van der Waals surface area contributed by atoms with E-state index in [2.05, 4.69) is 5.32 Å².